The first-order chi connectivity index (χ1) is 13.5. The van der Waals surface area contributed by atoms with Gasteiger partial charge in [-0.05, 0) is 37.5 Å². The number of aromatic nitrogens is 2. The van der Waals surface area contributed by atoms with E-state index in [9.17, 15) is 14.9 Å². The second-order valence-corrected chi connectivity index (χ2v) is 7.39. The summed E-state index contributed by atoms with van der Waals surface area (Å²) in [5, 5.41) is 18.8. The van der Waals surface area contributed by atoms with Gasteiger partial charge in [-0.1, -0.05) is 0 Å². The number of nitro groups is 1. The van der Waals surface area contributed by atoms with Gasteiger partial charge in [-0.15, -0.1) is 0 Å². The van der Waals surface area contributed by atoms with E-state index in [1.165, 1.54) is 6.07 Å². The van der Waals surface area contributed by atoms with Gasteiger partial charge in [0.1, 0.15) is 5.69 Å². The van der Waals surface area contributed by atoms with Crippen molar-refractivity contribution in [2.45, 2.75) is 38.5 Å². The van der Waals surface area contributed by atoms with E-state index >= 15 is 0 Å². The number of nitrogens with one attached hydrogen (secondary N) is 1. The van der Waals surface area contributed by atoms with Gasteiger partial charge in [0.2, 0.25) is 0 Å². The number of ether oxygens (including phenoxy) is 1. The second-order valence-electron chi connectivity index (χ2n) is 7.39. The fraction of sp³-hybridized carbons (Fsp3) is 0.474. The van der Waals surface area contributed by atoms with Crippen molar-refractivity contribution >= 4 is 17.3 Å². The number of carbonyl (C=O) groups excluding carboxylic acids is 1. The van der Waals surface area contributed by atoms with E-state index in [0.29, 0.717) is 37.5 Å². The average molecular weight is 385 g/mol. The molecule has 1 atom stereocenters. The minimum Gasteiger partial charge on any atom is -0.373 e. The fourth-order valence-electron chi connectivity index (χ4n) is 3.40. The molecule has 1 aromatic heterocycles. The Morgan fingerprint density at radius 1 is 1.43 bits per heavy atom. The summed E-state index contributed by atoms with van der Waals surface area (Å²) >= 11 is 0. The molecule has 1 aliphatic carbocycles. The molecule has 0 bridgehead atoms. The Hall–Kier alpha value is -2.94. The normalized spacial score (nSPS) is 19.5. The SMILES string of the molecule is Cc1cnn(CC2CN(c3ccc(C(=O)NC4CC4)cc3[N+](=O)[O-])CCO2)c1. The van der Waals surface area contributed by atoms with Crippen LogP contribution in [0.4, 0.5) is 11.4 Å². The van der Waals surface area contributed by atoms with Crippen LogP contribution in [0.1, 0.15) is 28.8 Å². The van der Waals surface area contributed by atoms with E-state index in [1.807, 2.05) is 22.7 Å². The Labute approximate surface area is 162 Å². The van der Waals surface area contributed by atoms with Crippen molar-refractivity contribution < 1.29 is 14.5 Å². The number of anilines is 1. The number of morpholine rings is 1. The van der Waals surface area contributed by atoms with Crippen molar-refractivity contribution in [2.24, 2.45) is 0 Å². The topological polar surface area (TPSA) is 103 Å². The highest BCUT2D eigenvalue weighted by atomic mass is 16.6. The van der Waals surface area contributed by atoms with Gasteiger partial charge in [0, 0.05) is 37.0 Å². The second kappa shape index (κ2) is 7.59. The minimum absolute atomic E-state index is 0.0565. The third kappa shape index (κ3) is 4.14. The van der Waals surface area contributed by atoms with Gasteiger partial charge in [-0.25, -0.2) is 0 Å². The van der Waals surface area contributed by atoms with Crippen LogP contribution >= 0.6 is 0 Å². The van der Waals surface area contributed by atoms with Gasteiger partial charge in [-0.3, -0.25) is 19.6 Å². The molecule has 1 N–H and O–H groups in total. The molecule has 1 unspecified atom stereocenters. The largest absolute Gasteiger partial charge is 0.373 e. The van der Waals surface area contributed by atoms with Crippen molar-refractivity contribution in [1.82, 2.24) is 15.1 Å². The van der Waals surface area contributed by atoms with Crippen molar-refractivity contribution in [3.05, 3.63) is 51.8 Å². The molecule has 1 amide bonds. The molecular formula is C19H23N5O4. The Bertz CT molecular complexity index is 892. The molecule has 2 aliphatic rings. The quantitative estimate of drug-likeness (QED) is 0.602. The summed E-state index contributed by atoms with van der Waals surface area (Å²) < 4.78 is 7.64. The van der Waals surface area contributed by atoms with Crippen LogP contribution < -0.4 is 10.2 Å². The van der Waals surface area contributed by atoms with Gasteiger partial charge in [0.25, 0.3) is 11.6 Å². The number of carbonyl (C=O) groups is 1. The van der Waals surface area contributed by atoms with E-state index < -0.39 is 4.92 Å². The highest BCUT2D eigenvalue weighted by Gasteiger charge is 2.29. The molecule has 1 saturated carbocycles. The standard InChI is InChI=1S/C19H23N5O4/c1-13-9-20-23(10-13)12-16-11-22(6-7-28-16)17-5-2-14(8-18(17)24(26)27)19(25)21-15-3-4-15/h2,5,8-10,15-16H,3-4,6-7,11-12H2,1H3,(H,21,25). The number of hydrogen-bond donors (Lipinski definition) is 1. The molecule has 1 saturated heterocycles. The Morgan fingerprint density at radius 3 is 2.93 bits per heavy atom. The molecule has 9 nitrogen and oxygen atoms in total. The third-order valence-electron chi connectivity index (χ3n) is 4.98. The van der Waals surface area contributed by atoms with Crippen LogP contribution in [0.2, 0.25) is 0 Å². The lowest BCUT2D eigenvalue weighted by molar-refractivity contribution is -0.384. The molecule has 1 aliphatic heterocycles. The molecule has 0 spiro atoms. The number of benzene rings is 1. The lowest BCUT2D eigenvalue weighted by Crippen LogP contribution is -2.44. The molecule has 2 heterocycles. The Kier molecular flexibility index (Phi) is 4.99. The van der Waals surface area contributed by atoms with Crippen molar-refractivity contribution in [3.63, 3.8) is 0 Å². The van der Waals surface area contributed by atoms with Crippen LogP contribution in [0.15, 0.2) is 30.6 Å². The molecule has 2 fully saturated rings. The number of hydrogen-bond acceptors (Lipinski definition) is 6. The lowest BCUT2D eigenvalue weighted by Gasteiger charge is -2.34. The average Bonchev–Trinajstić information content (AvgIpc) is 3.41. The van der Waals surface area contributed by atoms with E-state index in [-0.39, 0.29) is 23.7 Å². The Morgan fingerprint density at radius 2 is 2.25 bits per heavy atom. The zero-order chi connectivity index (χ0) is 19.7. The maximum absolute atomic E-state index is 12.2. The predicted octanol–water partition coefficient (Wildman–Crippen LogP) is 1.90. The summed E-state index contributed by atoms with van der Waals surface area (Å²) in [7, 11) is 0. The highest BCUT2D eigenvalue weighted by molar-refractivity contribution is 5.96. The first-order valence-electron chi connectivity index (χ1n) is 9.44. The van der Waals surface area contributed by atoms with Crippen molar-refractivity contribution in [3.8, 4) is 0 Å². The highest BCUT2D eigenvalue weighted by Crippen LogP contribution is 2.31. The van der Waals surface area contributed by atoms with E-state index in [1.54, 1.807) is 18.3 Å². The maximum Gasteiger partial charge on any atom is 0.293 e. The summed E-state index contributed by atoms with van der Waals surface area (Å²) in [5.74, 6) is -0.258. The fourth-order valence-corrected chi connectivity index (χ4v) is 3.40. The van der Waals surface area contributed by atoms with Gasteiger partial charge in [0.05, 0.1) is 30.4 Å². The van der Waals surface area contributed by atoms with Crippen LogP contribution in [0.3, 0.4) is 0 Å². The van der Waals surface area contributed by atoms with Crippen LogP contribution in [0.5, 0.6) is 0 Å². The van der Waals surface area contributed by atoms with Gasteiger partial charge in [-0.2, -0.15) is 5.10 Å². The van der Waals surface area contributed by atoms with Crippen molar-refractivity contribution in [1.29, 1.82) is 0 Å². The number of nitro benzene ring substituents is 1. The van der Waals surface area contributed by atoms with Gasteiger partial charge < -0.3 is 15.0 Å². The van der Waals surface area contributed by atoms with Crippen LogP contribution in [0.25, 0.3) is 0 Å². The van der Waals surface area contributed by atoms with Crippen LogP contribution in [-0.4, -0.2) is 52.5 Å². The summed E-state index contributed by atoms with van der Waals surface area (Å²) in [6.45, 7) is 4.12. The predicted molar refractivity (Wildman–Crippen MR) is 103 cm³/mol. The first kappa shape index (κ1) is 18.4. The first-order valence-corrected chi connectivity index (χ1v) is 9.44. The van der Waals surface area contributed by atoms with E-state index in [0.717, 1.165) is 18.4 Å². The summed E-state index contributed by atoms with van der Waals surface area (Å²) in [5.41, 5.74) is 1.85. The number of aryl methyl sites for hydroxylation is 1. The number of rotatable bonds is 6. The molecular weight excluding hydrogens is 362 g/mol. The zero-order valence-corrected chi connectivity index (χ0v) is 15.7. The molecule has 4 rings (SSSR count). The summed E-state index contributed by atoms with van der Waals surface area (Å²) in [6, 6.07) is 4.90. The molecule has 0 radical (unpaired) electrons. The molecule has 9 heteroatoms. The summed E-state index contributed by atoms with van der Waals surface area (Å²) in [4.78, 5) is 25.4. The Balaban J connectivity index is 1.51. The minimum atomic E-state index is -0.426. The molecule has 28 heavy (non-hydrogen) atoms. The van der Waals surface area contributed by atoms with Crippen LogP contribution in [-0.2, 0) is 11.3 Å². The molecule has 148 valence electrons. The van der Waals surface area contributed by atoms with Crippen LogP contribution in [0, 0.1) is 17.0 Å². The maximum atomic E-state index is 12.2. The third-order valence-corrected chi connectivity index (χ3v) is 4.98. The lowest BCUT2D eigenvalue weighted by atomic mass is 10.1. The zero-order valence-electron chi connectivity index (χ0n) is 15.7. The summed E-state index contributed by atoms with van der Waals surface area (Å²) in [6.07, 6.45) is 5.55. The van der Waals surface area contributed by atoms with E-state index in [4.69, 9.17) is 4.74 Å². The van der Waals surface area contributed by atoms with Gasteiger partial charge >= 0.3 is 0 Å². The molecule has 1 aromatic carbocycles. The van der Waals surface area contributed by atoms with E-state index in [2.05, 4.69) is 10.4 Å². The molecule has 2 aromatic rings. The monoisotopic (exact) mass is 385 g/mol. The number of amides is 1. The smallest absolute Gasteiger partial charge is 0.293 e. The van der Waals surface area contributed by atoms with Gasteiger partial charge in [0.15, 0.2) is 0 Å². The number of nitrogens with zero attached hydrogens (tertiary/aromatic N) is 4. The van der Waals surface area contributed by atoms with Crippen molar-refractivity contribution in [2.75, 3.05) is 24.6 Å².